The van der Waals surface area contributed by atoms with E-state index in [-0.39, 0.29) is 12.1 Å². The van der Waals surface area contributed by atoms with Crippen molar-refractivity contribution < 1.29 is 9.90 Å². The van der Waals surface area contributed by atoms with Crippen LogP contribution in [-0.2, 0) is 0 Å². The predicted octanol–water partition coefficient (Wildman–Crippen LogP) is 3.17. The fraction of sp³-hybridized carbons (Fsp3) is 0.294. The highest BCUT2D eigenvalue weighted by atomic mass is 79.9. The Kier molecular flexibility index (Phi) is 3.76. The van der Waals surface area contributed by atoms with Crippen molar-refractivity contribution in [3.63, 3.8) is 0 Å². The predicted molar refractivity (Wildman–Crippen MR) is 104 cm³/mol. The molecule has 2 aliphatic rings. The molecule has 27 heavy (non-hydrogen) atoms. The first-order valence-corrected chi connectivity index (χ1v) is 9.62. The molecule has 0 spiro atoms. The maximum atomic E-state index is 11.3. The van der Waals surface area contributed by atoms with Gasteiger partial charge in [-0.3, -0.25) is 0 Å². The van der Waals surface area contributed by atoms with Crippen molar-refractivity contribution >= 4 is 50.5 Å². The van der Waals surface area contributed by atoms with Gasteiger partial charge in [-0.05, 0) is 40.5 Å². The fourth-order valence-electron chi connectivity index (χ4n) is 4.00. The van der Waals surface area contributed by atoms with Crippen LogP contribution in [0.25, 0.3) is 16.7 Å². The summed E-state index contributed by atoms with van der Waals surface area (Å²) in [6.45, 7) is 1.17. The molecule has 0 unspecified atom stereocenters. The molecular weight excluding hydrogens is 436 g/mol. The zero-order chi connectivity index (χ0) is 18.7. The molecule has 5 rings (SSSR count). The van der Waals surface area contributed by atoms with Crippen molar-refractivity contribution in [2.75, 3.05) is 18.0 Å². The first kappa shape index (κ1) is 16.8. The van der Waals surface area contributed by atoms with E-state index in [1.807, 2.05) is 18.2 Å². The van der Waals surface area contributed by atoms with Gasteiger partial charge in [0.25, 0.3) is 0 Å². The summed E-state index contributed by atoms with van der Waals surface area (Å²) in [5.74, 6) is 0.812. The molecule has 2 bridgehead atoms. The largest absolute Gasteiger partial charge is 0.465 e. The van der Waals surface area contributed by atoms with Crippen LogP contribution in [0.3, 0.4) is 0 Å². The molecule has 0 radical (unpaired) electrons. The molecule has 1 N–H and O–H groups in total. The van der Waals surface area contributed by atoms with E-state index >= 15 is 0 Å². The van der Waals surface area contributed by atoms with Crippen LogP contribution in [0.15, 0.2) is 35.1 Å². The highest BCUT2D eigenvalue weighted by Gasteiger charge is 2.45. The van der Waals surface area contributed by atoms with Crippen molar-refractivity contribution in [3.8, 4) is 5.69 Å². The molecule has 2 aliphatic heterocycles. The van der Waals surface area contributed by atoms with Gasteiger partial charge in [0.15, 0.2) is 5.65 Å². The normalized spacial score (nSPS) is 21.4. The molecule has 2 saturated heterocycles. The summed E-state index contributed by atoms with van der Waals surface area (Å²) in [5, 5.41) is 15.1. The third-order valence-electron chi connectivity index (χ3n) is 5.21. The van der Waals surface area contributed by atoms with Gasteiger partial charge in [-0.25, -0.2) is 19.4 Å². The van der Waals surface area contributed by atoms with Gasteiger partial charge in [-0.15, -0.1) is 0 Å². The second kappa shape index (κ2) is 6.07. The van der Waals surface area contributed by atoms with Crippen molar-refractivity contribution in [1.29, 1.82) is 0 Å². The quantitative estimate of drug-likeness (QED) is 0.605. The lowest BCUT2D eigenvalue weighted by Gasteiger charge is -2.33. The molecule has 8 nitrogen and oxygen atoms in total. The smallest absolute Gasteiger partial charge is 0.407 e. The van der Waals surface area contributed by atoms with E-state index in [1.165, 1.54) is 4.90 Å². The highest BCUT2D eigenvalue weighted by Crippen LogP contribution is 2.34. The van der Waals surface area contributed by atoms with E-state index in [0.717, 1.165) is 23.3 Å². The number of hydrogen-bond acceptors (Lipinski definition) is 5. The first-order valence-electron chi connectivity index (χ1n) is 8.44. The topological polar surface area (TPSA) is 87.4 Å². The number of hydrogen-bond donors (Lipinski definition) is 1. The number of anilines is 1. The molecule has 1 amide bonds. The highest BCUT2D eigenvalue weighted by molar-refractivity contribution is 9.10. The lowest BCUT2D eigenvalue weighted by molar-refractivity contribution is 0.137. The van der Waals surface area contributed by atoms with Crippen LogP contribution in [0.5, 0.6) is 0 Å². The number of halogens is 2. The van der Waals surface area contributed by atoms with Crippen molar-refractivity contribution in [2.45, 2.75) is 18.5 Å². The molecular formula is C17H14BrClN6O2. The van der Waals surface area contributed by atoms with Crippen molar-refractivity contribution in [1.82, 2.24) is 24.6 Å². The maximum Gasteiger partial charge on any atom is 0.407 e. The zero-order valence-electron chi connectivity index (χ0n) is 14.0. The Morgan fingerprint density at radius 2 is 2.11 bits per heavy atom. The maximum absolute atomic E-state index is 11.3. The van der Waals surface area contributed by atoms with E-state index in [0.29, 0.717) is 28.5 Å². The van der Waals surface area contributed by atoms with Gasteiger partial charge in [0.1, 0.15) is 15.6 Å². The molecule has 0 aliphatic carbocycles. The minimum absolute atomic E-state index is 0.0260. The number of aromatic nitrogens is 4. The summed E-state index contributed by atoms with van der Waals surface area (Å²) >= 11 is 9.53. The second-order valence-electron chi connectivity index (χ2n) is 6.71. The van der Waals surface area contributed by atoms with Gasteiger partial charge in [0.2, 0.25) is 0 Å². The number of rotatable bonds is 2. The average Bonchev–Trinajstić information content (AvgIpc) is 3.34. The summed E-state index contributed by atoms with van der Waals surface area (Å²) in [7, 11) is 0. The Balaban J connectivity index is 1.51. The van der Waals surface area contributed by atoms with Crippen molar-refractivity contribution in [2.24, 2.45) is 0 Å². The van der Waals surface area contributed by atoms with Crippen LogP contribution in [0, 0.1) is 0 Å². The lowest BCUT2D eigenvalue weighted by atomic mass is 10.2. The lowest BCUT2D eigenvalue weighted by Crippen LogP contribution is -2.48. The van der Waals surface area contributed by atoms with E-state index in [9.17, 15) is 9.90 Å². The standard InChI is InChI=1S/C17H14BrClN6O2/c18-15-12-1-2-13(19)21-16(12)25(22-15)9-3-4-20-14(6-9)23-7-11-5-10(23)8-24(11)17(26)27/h1-4,6,10-11H,5,7-8H2,(H,26,27)/t10-,11-/m0/s1. The Morgan fingerprint density at radius 1 is 1.26 bits per heavy atom. The monoisotopic (exact) mass is 448 g/mol. The Labute approximate surface area is 167 Å². The van der Waals surface area contributed by atoms with Gasteiger partial charge in [-0.2, -0.15) is 5.10 Å². The number of pyridine rings is 2. The van der Waals surface area contributed by atoms with E-state index in [4.69, 9.17) is 11.6 Å². The van der Waals surface area contributed by atoms with Gasteiger partial charge < -0.3 is 14.9 Å². The first-order chi connectivity index (χ1) is 13.0. The van der Waals surface area contributed by atoms with Crippen LogP contribution < -0.4 is 4.90 Å². The van der Waals surface area contributed by atoms with Gasteiger partial charge in [0.05, 0.1) is 23.2 Å². The fourth-order valence-corrected chi connectivity index (χ4v) is 4.61. The summed E-state index contributed by atoms with van der Waals surface area (Å²) in [6.07, 6.45) is 1.73. The molecule has 2 atom stereocenters. The summed E-state index contributed by atoms with van der Waals surface area (Å²) in [6, 6.07) is 7.60. The number of carbonyl (C=O) groups is 1. The molecule has 10 heteroatoms. The molecule has 3 aromatic rings. The summed E-state index contributed by atoms with van der Waals surface area (Å²) in [4.78, 5) is 23.9. The molecule has 3 aromatic heterocycles. The number of amides is 1. The van der Waals surface area contributed by atoms with Gasteiger partial charge >= 0.3 is 6.09 Å². The Morgan fingerprint density at radius 3 is 2.85 bits per heavy atom. The van der Waals surface area contributed by atoms with E-state index < -0.39 is 6.09 Å². The molecule has 5 heterocycles. The van der Waals surface area contributed by atoms with Crippen LogP contribution in [0.2, 0.25) is 5.15 Å². The molecule has 0 aromatic carbocycles. The minimum atomic E-state index is -0.848. The Bertz CT molecular complexity index is 1070. The summed E-state index contributed by atoms with van der Waals surface area (Å²) < 4.78 is 2.42. The molecule has 0 saturated carbocycles. The number of fused-ring (bicyclic) bond motifs is 3. The number of carboxylic acid groups (broad SMARTS) is 1. The third-order valence-corrected chi connectivity index (χ3v) is 6.00. The second-order valence-corrected chi connectivity index (χ2v) is 7.85. The number of likely N-dealkylation sites (tertiary alicyclic amines) is 1. The minimum Gasteiger partial charge on any atom is -0.465 e. The van der Waals surface area contributed by atoms with Crippen LogP contribution in [0.4, 0.5) is 10.6 Å². The van der Waals surface area contributed by atoms with Crippen LogP contribution in [-0.4, -0.2) is 61.0 Å². The number of piperazine rings is 1. The van der Waals surface area contributed by atoms with Gasteiger partial charge in [0, 0.05) is 25.4 Å². The SMILES string of the molecule is O=C(O)N1C[C@@H]2C[C@H]1CN2c1cc(-n2nc(Br)c3ccc(Cl)nc32)ccn1. The van der Waals surface area contributed by atoms with E-state index in [2.05, 4.69) is 35.9 Å². The average molecular weight is 450 g/mol. The van der Waals surface area contributed by atoms with Crippen LogP contribution >= 0.6 is 27.5 Å². The van der Waals surface area contributed by atoms with Gasteiger partial charge in [-0.1, -0.05) is 11.6 Å². The number of nitrogens with zero attached hydrogens (tertiary/aromatic N) is 6. The summed E-state index contributed by atoms with van der Waals surface area (Å²) in [5.41, 5.74) is 1.48. The van der Waals surface area contributed by atoms with Crippen LogP contribution in [0.1, 0.15) is 6.42 Å². The Hall–Kier alpha value is -2.39. The van der Waals surface area contributed by atoms with Crippen molar-refractivity contribution in [3.05, 3.63) is 40.2 Å². The third kappa shape index (κ3) is 2.64. The zero-order valence-corrected chi connectivity index (χ0v) is 16.3. The molecule has 138 valence electrons. The molecule has 2 fully saturated rings. The van der Waals surface area contributed by atoms with E-state index in [1.54, 1.807) is 16.9 Å².